The zero-order valence-electron chi connectivity index (χ0n) is 13.5. The zero-order chi connectivity index (χ0) is 14.1. The van der Waals surface area contributed by atoms with Crippen molar-refractivity contribution in [2.45, 2.75) is 59.8 Å². The first-order chi connectivity index (χ1) is 9.26. The summed E-state index contributed by atoms with van der Waals surface area (Å²) < 4.78 is 10.7. The molecule has 0 spiro atoms. The van der Waals surface area contributed by atoms with Crippen LogP contribution < -0.4 is 0 Å². The van der Waals surface area contributed by atoms with Crippen molar-refractivity contribution in [3.63, 3.8) is 0 Å². The average Bonchev–Trinajstić information content (AvgIpc) is 3.15. The summed E-state index contributed by atoms with van der Waals surface area (Å²) in [6.45, 7) is 12.5. The monoisotopic (exact) mass is 270 g/mol. The highest BCUT2D eigenvalue weighted by Crippen LogP contribution is 2.40. The maximum Gasteiger partial charge on any atom is 0.0496 e. The summed E-state index contributed by atoms with van der Waals surface area (Å²) in [4.78, 5) is 0. The van der Waals surface area contributed by atoms with Gasteiger partial charge in [0, 0.05) is 26.4 Å². The Morgan fingerprint density at radius 1 is 0.684 bits per heavy atom. The van der Waals surface area contributed by atoms with Crippen LogP contribution in [0.2, 0.25) is 0 Å². The molecule has 0 heterocycles. The normalized spacial score (nSPS) is 32.2. The molecule has 2 aliphatic carbocycles. The van der Waals surface area contributed by atoms with E-state index in [9.17, 15) is 0 Å². The third-order valence-electron chi connectivity index (χ3n) is 4.76. The third-order valence-corrected chi connectivity index (χ3v) is 4.76. The van der Waals surface area contributed by atoms with E-state index < -0.39 is 0 Å². The van der Waals surface area contributed by atoms with E-state index in [0.717, 1.165) is 50.1 Å². The van der Waals surface area contributed by atoms with Crippen LogP contribution in [0.25, 0.3) is 0 Å². The maximum atomic E-state index is 5.37. The molecule has 2 rings (SSSR count). The first-order valence-corrected chi connectivity index (χ1v) is 8.42. The summed E-state index contributed by atoms with van der Waals surface area (Å²) in [5.41, 5.74) is 0. The smallest absolute Gasteiger partial charge is 0.0496 e. The van der Waals surface area contributed by atoms with E-state index in [0.29, 0.717) is 0 Å². The van der Waals surface area contributed by atoms with Crippen LogP contribution in [-0.2, 0) is 9.47 Å². The van der Waals surface area contributed by atoms with Crippen molar-refractivity contribution in [2.75, 3.05) is 26.4 Å². The minimum atomic E-state index is 0.882. The van der Waals surface area contributed by atoms with Crippen LogP contribution >= 0.6 is 0 Å². The van der Waals surface area contributed by atoms with Crippen LogP contribution in [0.1, 0.15) is 59.8 Å². The van der Waals surface area contributed by atoms with E-state index in [2.05, 4.69) is 27.7 Å². The molecular weight excluding hydrogens is 236 g/mol. The van der Waals surface area contributed by atoms with Crippen molar-refractivity contribution in [1.29, 1.82) is 0 Å². The van der Waals surface area contributed by atoms with Gasteiger partial charge in [0.2, 0.25) is 0 Å². The first-order valence-electron chi connectivity index (χ1n) is 8.42. The lowest BCUT2D eigenvalue weighted by Crippen LogP contribution is -2.29. The van der Waals surface area contributed by atoms with Gasteiger partial charge in [-0.1, -0.05) is 26.7 Å². The Bertz CT molecular complexity index is 215. The van der Waals surface area contributed by atoms with Crippen LogP contribution in [-0.4, -0.2) is 26.4 Å². The Balaban J connectivity index is 0.000000191. The highest BCUT2D eigenvalue weighted by Gasteiger charge is 2.34. The number of rotatable bonds is 8. The molecule has 2 heteroatoms. The van der Waals surface area contributed by atoms with Crippen LogP contribution in [0.15, 0.2) is 0 Å². The molecule has 0 N–H and O–H groups in total. The van der Waals surface area contributed by atoms with E-state index in [1.807, 2.05) is 0 Å². The summed E-state index contributed by atoms with van der Waals surface area (Å²) in [6, 6.07) is 0. The van der Waals surface area contributed by atoms with Crippen molar-refractivity contribution >= 4 is 0 Å². The Morgan fingerprint density at radius 2 is 1.21 bits per heavy atom. The fourth-order valence-electron chi connectivity index (χ4n) is 2.95. The second-order valence-electron chi connectivity index (χ2n) is 5.99. The molecule has 0 aromatic carbocycles. The highest BCUT2D eigenvalue weighted by molar-refractivity contribution is 4.84. The lowest BCUT2D eigenvalue weighted by molar-refractivity contribution is 0.0362. The largest absolute Gasteiger partial charge is 0.381 e. The molecule has 0 aromatic rings. The molecule has 0 radical (unpaired) electrons. The first kappa shape index (κ1) is 17.0. The van der Waals surface area contributed by atoms with E-state index in [1.165, 1.54) is 32.1 Å². The summed E-state index contributed by atoms with van der Waals surface area (Å²) in [5, 5.41) is 0. The van der Waals surface area contributed by atoms with E-state index in [1.54, 1.807) is 0 Å². The number of hydrogen-bond donors (Lipinski definition) is 0. The van der Waals surface area contributed by atoms with Gasteiger partial charge in [0.1, 0.15) is 0 Å². The van der Waals surface area contributed by atoms with Crippen molar-refractivity contribution in [1.82, 2.24) is 0 Å². The van der Waals surface area contributed by atoms with E-state index in [-0.39, 0.29) is 0 Å². The Hall–Kier alpha value is -0.0800. The van der Waals surface area contributed by atoms with Crippen LogP contribution in [0, 0.1) is 23.7 Å². The maximum absolute atomic E-state index is 5.37. The lowest BCUT2D eigenvalue weighted by atomic mass is 9.73. The molecule has 114 valence electrons. The summed E-state index contributed by atoms with van der Waals surface area (Å²) >= 11 is 0. The van der Waals surface area contributed by atoms with E-state index in [4.69, 9.17) is 9.47 Å². The second-order valence-corrected chi connectivity index (χ2v) is 5.99. The van der Waals surface area contributed by atoms with Gasteiger partial charge >= 0.3 is 0 Å². The zero-order valence-corrected chi connectivity index (χ0v) is 13.5. The van der Waals surface area contributed by atoms with Gasteiger partial charge < -0.3 is 9.47 Å². The van der Waals surface area contributed by atoms with Gasteiger partial charge in [-0.2, -0.15) is 0 Å². The van der Waals surface area contributed by atoms with Gasteiger partial charge in [-0.3, -0.25) is 0 Å². The van der Waals surface area contributed by atoms with Gasteiger partial charge in [0.05, 0.1) is 0 Å². The molecular formula is C17H34O2. The number of hydrogen-bond acceptors (Lipinski definition) is 2. The highest BCUT2D eigenvalue weighted by atomic mass is 16.5. The molecule has 2 saturated carbocycles. The quantitative estimate of drug-likeness (QED) is 0.645. The second kappa shape index (κ2) is 9.77. The molecule has 0 saturated heterocycles. The molecule has 0 bridgehead atoms. The van der Waals surface area contributed by atoms with Crippen LogP contribution in [0.4, 0.5) is 0 Å². The molecule has 0 aliphatic heterocycles. The van der Waals surface area contributed by atoms with Crippen molar-refractivity contribution in [3.05, 3.63) is 0 Å². The SMILES string of the molecule is CCOCC1CC1CC.CCOCC1CCC1CC. The predicted octanol–water partition coefficient (Wildman–Crippen LogP) is 4.53. The Kier molecular flexibility index (Phi) is 8.72. The molecule has 2 fully saturated rings. The fraction of sp³-hybridized carbons (Fsp3) is 1.00. The van der Waals surface area contributed by atoms with E-state index >= 15 is 0 Å². The van der Waals surface area contributed by atoms with Gasteiger partial charge in [0.25, 0.3) is 0 Å². The third kappa shape index (κ3) is 6.27. The van der Waals surface area contributed by atoms with Gasteiger partial charge in [-0.25, -0.2) is 0 Å². The summed E-state index contributed by atoms with van der Waals surface area (Å²) in [5.74, 6) is 3.78. The van der Waals surface area contributed by atoms with Gasteiger partial charge in [-0.05, 0) is 56.8 Å². The lowest BCUT2D eigenvalue weighted by Gasteiger charge is -2.35. The van der Waals surface area contributed by atoms with Crippen LogP contribution in [0.5, 0.6) is 0 Å². The minimum Gasteiger partial charge on any atom is -0.381 e. The van der Waals surface area contributed by atoms with Crippen molar-refractivity contribution < 1.29 is 9.47 Å². The van der Waals surface area contributed by atoms with Crippen LogP contribution in [0.3, 0.4) is 0 Å². The molecule has 2 nitrogen and oxygen atoms in total. The summed E-state index contributed by atoms with van der Waals surface area (Å²) in [6.07, 6.45) is 6.94. The Morgan fingerprint density at radius 3 is 1.58 bits per heavy atom. The van der Waals surface area contributed by atoms with Crippen molar-refractivity contribution in [3.8, 4) is 0 Å². The number of ether oxygens (including phenoxy) is 2. The average molecular weight is 270 g/mol. The minimum absolute atomic E-state index is 0.882. The molecule has 0 aromatic heterocycles. The fourth-order valence-corrected chi connectivity index (χ4v) is 2.95. The molecule has 0 amide bonds. The molecule has 4 unspecified atom stereocenters. The molecule has 4 atom stereocenters. The molecule has 19 heavy (non-hydrogen) atoms. The Labute approximate surface area is 120 Å². The standard InChI is InChI=1S/C9H18O.C8H16O/c1-3-8-5-6-9(8)7-10-4-2;1-3-7-5-8(7)6-9-4-2/h8-9H,3-7H2,1-2H3;7-8H,3-6H2,1-2H3. The molecule has 2 aliphatic rings. The van der Waals surface area contributed by atoms with Gasteiger partial charge in [0.15, 0.2) is 0 Å². The predicted molar refractivity (Wildman–Crippen MR) is 81.4 cm³/mol. The summed E-state index contributed by atoms with van der Waals surface area (Å²) in [7, 11) is 0. The van der Waals surface area contributed by atoms with Crippen molar-refractivity contribution in [2.24, 2.45) is 23.7 Å². The van der Waals surface area contributed by atoms with Gasteiger partial charge in [-0.15, -0.1) is 0 Å². The topological polar surface area (TPSA) is 18.5 Å².